The maximum absolute atomic E-state index is 13.1. The number of rotatable bonds is 5. The lowest BCUT2D eigenvalue weighted by Gasteiger charge is -2.30. The number of amides is 2. The van der Waals surface area contributed by atoms with Gasteiger partial charge in [-0.05, 0) is 61.3 Å². The Kier molecular flexibility index (Phi) is 7.01. The van der Waals surface area contributed by atoms with Gasteiger partial charge in [0.25, 0.3) is 0 Å². The molecule has 1 aromatic heterocycles. The Morgan fingerprint density at radius 3 is 2.91 bits per heavy atom. The molecule has 7 heteroatoms. The second-order valence-electron chi connectivity index (χ2n) is 8.79. The van der Waals surface area contributed by atoms with Gasteiger partial charge in [0.05, 0.1) is 29.9 Å². The van der Waals surface area contributed by atoms with Crippen LogP contribution in [0.3, 0.4) is 0 Å². The molecule has 2 aromatic rings. The summed E-state index contributed by atoms with van der Waals surface area (Å²) in [5.74, 6) is 1.45. The Labute approximate surface area is 189 Å². The van der Waals surface area contributed by atoms with E-state index >= 15 is 0 Å². The summed E-state index contributed by atoms with van der Waals surface area (Å²) in [6, 6.07) is 7.78. The van der Waals surface area contributed by atoms with Crippen molar-refractivity contribution in [3.63, 3.8) is 0 Å². The summed E-state index contributed by atoms with van der Waals surface area (Å²) in [7, 11) is 0. The third-order valence-electron chi connectivity index (χ3n) is 6.57. The van der Waals surface area contributed by atoms with E-state index in [4.69, 9.17) is 15.0 Å². The monoisotopic (exact) mass is 433 g/mol. The fourth-order valence-electron chi connectivity index (χ4n) is 4.52. The zero-order chi connectivity index (χ0) is 22.5. The SMILES string of the molecule is CC[C@@H](NC(=O)N1CCc2cnc(CC3CCOCC3)nc2C1)c1ccc(C#N)c(C)c1. The van der Waals surface area contributed by atoms with Crippen molar-refractivity contribution < 1.29 is 9.53 Å². The van der Waals surface area contributed by atoms with Crippen molar-refractivity contribution in [1.82, 2.24) is 20.2 Å². The molecule has 168 valence electrons. The second kappa shape index (κ2) is 10.1. The van der Waals surface area contributed by atoms with E-state index in [9.17, 15) is 4.79 Å². The molecule has 0 spiro atoms. The minimum atomic E-state index is -0.0928. The first-order valence-corrected chi connectivity index (χ1v) is 11.5. The highest BCUT2D eigenvalue weighted by Crippen LogP contribution is 2.23. The van der Waals surface area contributed by atoms with Gasteiger partial charge in [0, 0.05) is 32.4 Å². The number of benzene rings is 1. The summed E-state index contributed by atoms with van der Waals surface area (Å²) in [6.07, 6.45) is 6.48. The highest BCUT2D eigenvalue weighted by Gasteiger charge is 2.25. The van der Waals surface area contributed by atoms with Crippen molar-refractivity contribution in [2.45, 2.75) is 58.5 Å². The smallest absolute Gasteiger partial charge is 0.318 e. The number of hydrogen-bond donors (Lipinski definition) is 1. The molecule has 0 bridgehead atoms. The third-order valence-corrected chi connectivity index (χ3v) is 6.57. The molecule has 0 radical (unpaired) electrons. The fourth-order valence-corrected chi connectivity index (χ4v) is 4.52. The topological polar surface area (TPSA) is 91.1 Å². The van der Waals surface area contributed by atoms with Crippen molar-refractivity contribution in [3.05, 3.63) is 58.2 Å². The standard InChI is InChI=1S/C25H31N5O2/c1-3-22(19-4-5-20(14-26)17(2)12-19)29-25(31)30-9-6-21-15-27-24(28-23(21)16-30)13-18-7-10-32-11-8-18/h4-5,12,15,18,22H,3,6-11,13,16H2,1-2H3,(H,29,31)/t22-/m1/s1. The van der Waals surface area contributed by atoms with Crippen LogP contribution in [0.4, 0.5) is 4.79 Å². The average Bonchev–Trinajstić information content (AvgIpc) is 2.82. The van der Waals surface area contributed by atoms with Gasteiger partial charge in [0.1, 0.15) is 5.82 Å². The number of urea groups is 1. The van der Waals surface area contributed by atoms with Crippen LogP contribution in [0, 0.1) is 24.2 Å². The molecule has 2 aliphatic heterocycles. The first-order chi connectivity index (χ1) is 15.6. The quantitative estimate of drug-likeness (QED) is 0.773. The van der Waals surface area contributed by atoms with Crippen LogP contribution in [0.2, 0.25) is 0 Å². The molecule has 1 atom stereocenters. The van der Waals surface area contributed by atoms with Gasteiger partial charge in [-0.15, -0.1) is 0 Å². The lowest BCUT2D eigenvalue weighted by Crippen LogP contribution is -2.44. The Balaban J connectivity index is 1.41. The number of hydrogen-bond acceptors (Lipinski definition) is 5. The van der Waals surface area contributed by atoms with E-state index in [1.807, 2.05) is 36.2 Å². The number of ether oxygens (including phenoxy) is 1. The maximum Gasteiger partial charge on any atom is 0.318 e. The van der Waals surface area contributed by atoms with Gasteiger partial charge in [0.15, 0.2) is 0 Å². The molecule has 2 aliphatic rings. The van der Waals surface area contributed by atoms with E-state index in [0.717, 1.165) is 73.5 Å². The van der Waals surface area contributed by atoms with Gasteiger partial charge in [-0.3, -0.25) is 0 Å². The van der Waals surface area contributed by atoms with Crippen molar-refractivity contribution in [3.8, 4) is 6.07 Å². The van der Waals surface area contributed by atoms with Crippen LogP contribution < -0.4 is 5.32 Å². The molecule has 1 fully saturated rings. The van der Waals surface area contributed by atoms with Crippen molar-refractivity contribution >= 4 is 6.03 Å². The number of nitrogens with one attached hydrogen (secondary N) is 1. The number of fused-ring (bicyclic) bond motifs is 1. The fraction of sp³-hybridized carbons (Fsp3) is 0.520. The molecule has 0 unspecified atom stereocenters. The molecule has 1 saturated heterocycles. The van der Waals surface area contributed by atoms with Crippen molar-refractivity contribution in [2.75, 3.05) is 19.8 Å². The highest BCUT2D eigenvalue weighted by molar-refractivity contribution is 5.75. The molecule has 0 saturated carbocycles. The number of aryl methyl sites for hydroxylation is 1. The van der Waals surface area contributed by atoms with Crippen LogP contribution >= 0.6 is 0 Å². The summed E-state index contributed by atoms with van der Waals surface area (Å²) in [5.41, 5.74) is 4.72. The van der Waals surface area contributed by atoms with Crippen molar-refractivity contribution in [2.24, 2.45) is 5.92 Å². The summed E-state index contributed by atoms with van der Waals surface area (Å²) >= 11 is 0. The van der Waals surface area contributed by atoms with Gasteiger partial charge in [-0.2, -0.15) is 5.26 Å². The molecule has 1 aromatic carbocycles. The highest BCUT2D eigenvalue weighted by atomic mass is 16.5. The number of nitrogens with zero attached hydrogens (tertiary/aromatic N) is 4. The van der Waals surface area contributed by atoms with Gasteiger partial charge >= 0.3 is 6.03 Å². The first kappa shape index (κ1) is 22.2. The number of nitriles is 1. The van der Waals surface area contributed by atoms with E-state index in [1.165, 1.54) is 0 Å². The number of carbonyl (C=O) groups excluding carboxylic acids is 1. The second-order valence-corrected chi connectivity index (χ2v) is 8.79. The van der Waals surface area contributed by atoms with Crippen LogP contribution in [-0.4, -0.2) is 40.7 Å². The Morgan fingerprint density at radius 2 is 2.19 bits per heavy atom. The van der Waals surface area contributed by atoms with Gasteiger partial charge in [0.2, 0.25) is 0 Å². The lowest BCUT2D eigenvalue weighted by atomic mass is 9.96. The van der Waals surface area contributed by atoms with Crippen LogP contribution in [0.5, 0.6) is 0 Å². The van der Waals surface area contributed by atoms with E-state index in [1.54, 1.807) is 0 Å². The number of carbonyl (C=O) groups is 1. The predicted octanol–water partition coefficient (Wildman–Crippen LogP) is 3.84. The molecule has 7 nitrogen and oxygen atoms in total. The van der Waals surface area contributed by atoms with E-state index in [2.05, 4.69) is 23.3 Å². The molecule has 4 rings (SSSR count). The molecule has 32 heavy (non-hydrogen) atoms. The van der Waals surface area contributed by atoms with E-state index < -0.39 is 0 Å². The van der Waals surface area contributed by atoms with Gasteiger partial charge in [-0.25, -0.2) is 14.8 Å². The van der Waals surface area contributed by atoms with Gasteiger partial charge in [-0.1, -0.05) is 19.1 Å². The summed E-state index contributed by atoms with van der Waals surface area (Å²) in [4.78, 5) is 24.3. The van der Waals surface area contributed by atoms with Gasteiger partial charge < -0.3 is 15.0 Å². The van der Waals surface area contributed by atoms with Crippen LogP contribution in [0.1, 0.15) is 66.0 Å². The largest absolute Gasteiger partial charge is 0.381 e. The normalized spacial score (nSPS) is 17.3. The molecular weight excluding hydrogens is 402 g/mol. The zero-order valence-corrected chi connectivity index (χ0v) is 18.9. The van der Waals surface area contributed by atoms with E-state index in [-0.39, 0.29) is 12.1 Å². The van der Waals surface area contributed by atoms with Crippen molar-refractivity contribution in [1.29, 1.82) is 5.26 Å². The molecule has 3 heterocycles. The zero-order valence-electron chi connectivity index (χ0n) is 18.9. The lowest BCUT2D eigenvalue weighted by molar-refractivity contribution is 0.0659. The number of aromatic nitrogens is 2. The van der Waals surface area contributed by atoms with Crippen LogP contribution in [0.25, 0.3) is 0 Å². The van der Waals surface area contributed by atoms with E-state index in [0.29, 0.717) is 24.6 Å². The Morgan fingerprint density at radius 1 is 1.38 bits per heavy atom. The minimum Gasteiger partial charge on any atom is -0.381 e. The average molecular weight is 434 g/mol. The predicted molar refractivity (Wildman–Crippen MR) is 121 cm³/mol. The summed E-state index contributed by atoms with van der Waals surface area (Å²) < 4.78 is 5.45. The molecule has 2 amide bonds. The Hall–Kier alpha value is -2.98. The molecule has 1 N–H and O–H groups in total. The minimum absolute atomic E-state index is 0.0749. The first-order valence-electron chi connectivity index (χ1n) is 11.5. The van der Waals surface area contributed by atoms with Crippen LogP contribution in [0.15, 0.2) is 24.4 Å². The summed E-state index contributed by atoms with van der Waals surface area (Å²) in [5, 5.41) is 12.3. The maximum atomic E-state index is 13.1. The molecule has 0 aliphatic carbocycles. The Bertz CT molecular complexity index is 1010. The van der Waals surface area contributed by atoms with Crippen LogP contribution in [-0.2, 0) is 24.1 Å². The molecular formula is C25H31N5O2. The third kappa shape index (κ3) is 5.08. The summed E-state index contributed by atoms with van der Waals surface area (Å²) in [6.45, 7) is 6.79.